The summed E-state index contributed by atoms with van der Waals surface area (Å²) in [4.78, 5) is 0. The molecule has 106 valence electrons. The Morgan fingerprint density at radius 1 is 1.15 bits per heavy atom. The minimum absolute atomic E-state index is 0.263. The lowest BCUT2D eigenvalue weighted by Gasteiger charge is -2.09. The zero-order valence-corrected chi connectivity index (χ0v) is 12.1. The molecule has 0 spiro atoms. The molecule has 1 N–H and O–H groups in total. The second kappa shape index (κ2) is 7.27. The molecular weight excluding hydrogens is 277 g/mol. The summed E-state index contributed by atoms with van der Waals surface area (Å²) >= 11 is 5.92. The van der Waals surface area contributed by atoms with Gasteiger partial charge in [-0.1, -0.05) is 30.7 Å². The van der Waals surface area contributed by atoms with Crippen molar-refractivity contribution in [1.82, 2.24) is 5.32 Å². The third-order valence-electron chi connectivity index (χ3n) is 2.80. The van der Waals surface area contributed by atoms with E-state index in [0.29, 0.717) is 11.5 Å². The maximum absolute atomic E-state index is 12.9. The van der Waals surface area contributed by atoms with Gasteiger partial charge in [0.05, 0.1) is 5.02 Å². The third-order valence-corrected chi connectivity index (χ3v) is 3.10. The van der Waals surface area contributed by atoms with Gasteiger partial charge in [0.1, 0.15) is 17.3 Å². The maximum atomic E-state index is 12.9. The normalized spacial score (nSPS) is 10.6. The number of hydrogen-bond donors (Lipinski definition) is 1. The van der Waals surface area contributed by atoms with E-state index in [1.807, 2.05) is 24.3 Å². The highest BCUT2D eigenvalue weighted by atomic mass is 35.5. The van der Waals surface area contributed by atoms with Gasteiger partial charge in [0.25, 0.3) is 0 Å². The zero-order valence-electron chi connectivity index (χ0n) is 11.3. The number of hydrogen-bond acceptors (Lipinski definition) is 2. The first kappa shape index (κ1) is 14.8. The topological polar surface area (TPSA) is 21.3 Å². The number of benzene rings is 2. The van der Waals surface area contributed by atoms with Gasteiger partial charge < -0.3 is 10.1 Å². The predicted octanol–water partition coefficient (Wildman–Crippen LogP) is 4.77. The van der Waals surface area contributed by atoms with E-state index >= 15 is 0 Å². The van der Waals surface area contributed by atoms with Crippen molar-refractivity contribution in [3.63, 3.8) is 0 Å². The van der Waals surface area contributed by atoms with Crippen LogP contribution in [0.5, 0.6) is 11.5 Å². The molecule has 0 heterocycles. The number of halogens is 2. The van der Waals surface area contributed by atoms with Crippen LogP contribution in [0.3, 0.4) is 0 Å². The summed E-state index contributed by atoms with van der Waals surface area (Å²) in [6, 6.07) is 11.8. The van der Waals surface area contributed by atoms with Gasteiger partial charge in [-0.2, -0.15) is 0 Å². The van der Waals surface area contributed by atoms with E-state index < -0.39 is 0 Å². The Hall–Kier alpha value is -1.58. The number of rotatable bonds is 6. The van der Waals surface area contributed by atoms with Gasteiger partial charge in [0.15, 0.2) is 0 Å². The van der Waals surface area contributed by atoms with Crippen molar-refractivity contribution in [2.45, 2.75) is 19.9 Å². The summed E-state index contributed by atoms with van der Waals surface area (Å²) in [7, 11) is 0. The van der Waals surface area contributed by atoms with Crippen LogP contribution in [-0.4, -0.2) is 6.54 Å². The van der Waals surface area contributed by atoms with Crippen LogP contribution >= 0.6 is 11.6 Å². The Balaban J connectivity index is 1.99. The van der Waals surface area contributed by atoms with Gasteiger partial charge in [-0.25, -0.2) is 4.39 Å². The molecule has 0 bridgehead atoms. The molecule has 2 nitrogen and oxygen atoms in total. The fourth-order valence-corrected chi connectivity index (χ4v) is 1.98. The molecule has 2 rings (SSSR count). The van der Waals surface area contributed by atoms with Crippen LogP contribution in [0.2, 0.25) is 5.02 Å². The van der Waals surface area contributed by atoms with Crippen LogP contribution in [0.4, 0.5) is 4.39 Å². The van der Waals surface area contributed by atoms with Gasteiger partial charge in [-0.05, 0) is 48.9 Å². The molecule has 0 aromatic heterocycles. The van der Waals surface area contributed by atoms with Gasteiger partial charge >= 0.3 is 0 Å². The van der Waals surface area contributed by atoms with E-state index in [-0.39, 0.29) is 10.8 Å². The fraction of sp³-hybridized carbons (Fsp3) is 0.250. The average molecular weight is 294 g/mol. The fourth-order valence-electron chi connectivity index (χ4n) is 1.77. The van der Waals surface area contributed by atoms with Crippen LogP contribution in [0.1, 0.15) is 18.9 Å². The van der Waals surface area contributed by atoms with E-state index in [1.54, 1.807) is 0 Å². The molecule has 2 aromatic rings. The Morgan fingerprint density at radius 3 is 2.55 bits per heavy atom. The SMILES string of the molecule is CCCNCc1ccc(Oc2ccc(F)cc2Cl)cc1. The predicted molar refractivity (Wildman–Crippen MR) is 79.9 cm³/mol. The standard InChI is InChI=1S/C16H17ClFNO/c1-2-9-19-11-12-3-6-14(7-4-12)20-16-8-5-13(18)10-15(16)17/h3-8,10,19H,2,9,11H2,1H3. The minimum Gasteiger partial charge on any atom is -0.456 e. The Kier molecular flexibility index (Phi) is 5.39. The summed E-state index contributed by atoms with van der Waals surface area (Å²) in [5.41, 5.74) is 1.19. The highest BCUT2D eigenvalue weighted by Gasteiger charge is 2.04. The summed E-state index contributed by atoms with van der Waals surface area (Å²) in [6.45, 7) is 3.98. The molecule has 0 aliphatic heterocycles. The van der Waals surface area contributed by atoms with E-state index in [9.17, 15) is 4.39 Å². The summed E-state index contributed by atoms with van der Waals surface area (Å²) < 4.78 is 18.6. The molecular formula is C16H17ClFNO. The lowest BCUT2D eigenvalue weighted by molar-refractivity contribution is 0.480. The molecule has 0 fully saturated rings. The lowest BCUT2D eigenvalue weighted by atomic mass is 10.2. The Bertz CT molecular complexity index is 557. The van der Waals surface area contributed by atoms with Gasteiger partial charge in [-0.3, -0.25) is 0 Å². The molecule has 4 heteroatoms. The quantitative estimate of drug-likeness (QED) is 0.775. The molecule has 20 heavy (non-hydrogen) atoms. The minimum atomic E-state index is -0.375. The van der Waals surface area contributed by atoms with Crippen molar-refractivity contribution in [3.05, 3.63) is 58.9 Å². The van der Waals surface area contributed by atoms with E-state index in [0.717, 1.165) is 19.5 Å². The summed E-state index contributed by atoms with van der Waals surface area (Å²) in [5.74, 6) is 0.752. The van der Waals surface area contributed by atoms with Crippen LogP contribution < -0.4 is 10.1 Å². The second-order valence-electron chi connectivity index (χ2n) is 4.50. The largest absolute Gasteiger partial charge is 0.456 e. The second-order valence-corrected chi connectivity index (χ2v) is 4.90. The van der Waals surface area contributed by atoms with Crippen molar-refractivity contribution in [2.75, 3.05) is 6.54 Å². The van der Waals surface area contributed by atoms with Crippen molar-refractivity contribution in [2.24, 2.45) is 0 Å². The van der Waals surface area contributed by atoms with Crippen LogP contribution in [0.15, 0.2) is 42.5 Å². The molecule has 0 amide bonds. The molecule has 0 radical (unpaired) electrons. The average Bonchev–Trinajstić information content (AvgIpc) is 2.44. The summed E-state index contributed by atoms with van der Waals surface area (Å²) in [6.07, 6.45) is 1.12. The van der Waals surface area contributed by atoms with Crippen LogP contribution in [0, 0.1) is 5.82 Å². The zero-order chi connectivity index (χ0) is 14.4. The van der Waals surface area contributed by atoms with Gasteiger partial charge in [-0.15, -0.1) is 0 Å². The first-order chi connectivity index (χ1) is 9.69. The molecule has 0 aliphatic rings. The van der Waals surface area contributed by atoms with E-state index in [4.69, 9.17) is 16.3 Å². The van der Waals surface area contributed by atoms with Crippen LogP contribution in [-0.2, 0) is 6.54 Å². The van der Waals surface area contributed by atoms with Gasteiger partial charge in [0.2, 0.25) is 0 Å². The first-order valence-corrected chi connectivity index (χ1v) is 6.99. The van der Waals surface area contributed by atoms with E-state index in [1.165, 1.54) is 23.8 Å². The van der Waals surface area contributed by atoms with Crippen molar-refractivity contribution < 1.29 is 9.13 Å². The molecule has 0 saturated carbocycles. The molecule has 0 unspecified atom stereocenters. The highest BCUT2D eigenvalue weighted by molar-refractivity contribution is 6.32. The lowest BCUT2D eigenvalue weighted by Crippen LogP contribution is -2.13. The molecule has 0 saturated heterocycles. The van der Waals surface area contributed by atoms with Gasteiger partial charge in [0, 0.05) is 6.54 Å². The monoisotopic (exact) mass is 293 g/mol. The number of ether oxygens (including phenoxy) is 1. The molecule has 0 aliphatic carbocycles. The van der Waals surface area contributed by atoms with E-state index in [2.05, 4.69) is 12.2 Å². The van der Waals surface area contributed by atoms with Crippen molar-refractivity contribution >= 4 is 11.6 Å². The summed E-state index contributed by atoms with van der Waals surface area (Å²) in [5, 5.41) is 3.59. The van der Waals surface area contributed by atoms with Crippen molar-refractivity contribution in [3.8, 4) is 11.5 Å². The van der Waals surface area contributed by atoms with Crippen LogP contribution in [0.25, 0.3) is 0 Å². The maximum Gasteiger partial charge on any atom is 0.146 e. The Morgan fingerprint density at radius 2 is 1.90 bits per heavy atom. The number of nitrogens with one attached hydrogen (secondary N) is 1. The van der Waals surface area contributed by atoms with Crippen molar-refractivity contribution in [1.29, 1.82) is 0 Å². The third kappa shape index (κ3) is 4.22. The molecule has 0 atom stereocenters. The molecule has 2 aromatic carbocycles. The Labute approximate surface area is 123 Å². The first-order valence-electron chi connectivity index (χ1n) is 6.61. The smallest absolute Gasteiger partial charge is 0.146 e. The highest BCUT2D eigenvalue weighted by Crippen LogP contribution is 2.29.